The fourth-order valence-electron chi connectivity index (χ4n) is 2.50. The van der Waals surface area contributed by atoms with Gasteiger partial charge in [-0.3, -0.25) is 0 Å². The van der Waals surface area contributed by atoms with Gasteiger partial charge in [0.2, 0.25) is 0 Å². The van der Waals surface area contributed by atoms with Crippen molar-refractivity contribution in [2.24, 2.45) is 0 Å². The second kappa shape index (κ2) is 7.15. The van der Waals surface area contributed by atoms with E-state index in [9.17, 15) is 0 Å². The lowest BCUT2D eigenvalue weighted by Crippen LogP contribution is -2.21. The second-order valence-corrected chi connectivity index (χ2v) is 4.88. The summed E-state index contributed by atoms with van der Waals surface area (Å²) in [5, 5.41) is 3.65. The average Bonchev–Trinajstić information content (AvgIpc) is 2.70. The minimum Gasteiger partial charge on any atom is -0.497 e. The Bertz CT molecular complexity index is 445. The van der Waals surface area contributed by atoms with Crippen LogP contribution in [-0.4, -0.2) is 13.7 Å². The molecule has 1 fully saturated rings. The Morgan fingerprint density at radius 1 is 1.21 bits per heavy atom. The molecule has 1 unspecified atom stereocenters. The maximum Gasteiger partial charge on any atom is 0.118 e. The number of methoxy groups -OCH3 is 1. The predicted molar refractivity (Wildman–Crippen MR) is 80.5 cm³/mol. The summed E-state index contributed by atoms with van der Waals surface area (Å²) in [6, 6.07) is 8.73. The van der Waals surface area contributed by atoms with Crippen molar-refractivity contribution in [2.45, 2.75) is 32.2 Å². The highest BCUT2D eigenvalue weighted by atomic mass is 16.5. The highest BCUT2D eigenvalue weighted by Gasteiger charge is 2.18. The van der Waals surface area contributed by atoms with Crippen LogP contribution in [0.4, 0.5) is 0 Å². The fourth-order valence-corrected chi connectivity index (χ4v) is 2.50. The van der Waals surface area contributed by atoms with Crippen LogP contribution >= 0.6 is 0 Å². The Hall–Kier alpha value is -1.54. The Balaban J connectivity index is 2.25. The molecule has 1 saturated heterocycles. The standard InChI is InChI=1S/C17H23NO/c1-3-4-7-14-8-5-6-13-18-17(14)15-9-11-16(19-2)12-10-15/h3-4,7,9-12,17-18H,5-6,8,13H2,1-2H3/b4-3-,14-7+. The van der Waals surface area contributed by atoms with Crippen molar-refractivity contribution >= 4 is 0 Å². The summed E-state index contributed by atoms with van der Waals surface area (Å²) < 4.78 is 5.23. The second-order valence-electron chi connectivity index (χ2n) is 4.88. The van der Waals surface area contributed by atoms with E-state index < -0.39 is 0 Å². The van der Waals surface area contributed by atoms with Crippen LogP contribution in [0.15, 0.2) is 48.1 Å². The molecule has 1 aliphatic heterocycles. The van der Waals surface area contributed by atoms with Gasteiger partial charge in [0.1, 0.15) is 5.75 Å². The van der Waals surface area contributed by atoms with E-state index in [2.05, 4.69) is 42.6 Å². The molecular formula is C17H23NO. The average molecular weight is 257 g/mol. The molecule has 0 radical (unpaired) electrons. The first kappa shape index (κ1) is 13.9. The predicted octanol–water partition coefficient (Wildman–Crippen LogP) is 4.01. The third-order valence-corrected chi connectivity index (χ3v) is 3.56. The lowest BCUT2D eigenvalue weighted by atomic mass is 9.95. The zero-order chi connectivity index (χ0) is 13.5. The van der Waals surface area contributed by atoms with Gasteiger partial charge < -0.3 is 10.1 Å². The molecule has 0 bridgehead atoms. The SMILES string of the molecule is C/C=C\C=C1/CCCCNC1c1ccc(OC)cc1. The first-order valence-electron chi connectivity index (χ1n) is 7.04. The lowest BCUT2D eigenvalue weighted by molar-refractivity contribution is 0.414. The Labute approximate surface area is 116 Å². The number of allylic oxidation sites excluding steroid dienone is 3. The van der Waals surface area contributed by atoms with Crippen LogP contribution < -0.4 is 10.1 Å². The van der Waals surface area contributed by atoms with E-state index in [1.807, 2.05) is 12.1 Å². The van der Waals surface area contributed by atoms with E-state index >= 15 is 0 Å². The van der Waals surface area contributed by atoms with E-state index in [1.54, 1.807) is 7.11 Å². The van der Waals surface area contributed by atoms with E-state index in [4.69, 9.17) is 4.74 Å². The molecule has 2 rings (SSSR count). The smallest absolute Gasteiger partial charge is 0.118 e. The molecule has 2 nitrogen and oxygen atoms in total. The van der Waals surface area contributed by atoms with E-state index in [0.29, 0.717) is 6.04 Å². The van der Waals surface area contributed by atoms with Crippen LogP contribution in [0.2, 0.25) is 0 Å². The van der Waals surface area contributed by atoms with Crippen molar-refractivity contribution < 1.29 is 4.74 Å². The summed E-state index contributed by atoms with van der Waals surface area (Å²) in [7, 11) is 1.70. The topological polar surface area (TPSA) is 21.3 Å². The normalized spacial score (nSPS) is 22.6. The van der Waals surface area contributed by atoms with Gasteiger partial charge in [0.05, 0.1) is 13.2 Å². The summed E-state index contributed by atoms with van der Waals surface area (Å²) in [6.45, 7) is 3.15. The molecule has 2 heteroatoms. The van der Waals surface area contributed by atoms with Crippen molar-refractivity contribution in [1.29, 1.82) is 0 Å². The van der Waals surface area contributed by atoms with Crippen LogP contribution in [0.1, 0.15) is 37.8 Å². The fraction of sp³-hybridized carbons (Fsp3) is 0.412. The summed E-state index contributed by atoms with van der Waals surface area (Å²) in [5.74, 6) is 0.913. The molecule has 1 heterocycles. The number of rotatable bonds is 3. The van der Waals surface area contributed by atoms with Crippen molar-refractivity contribution in [3.63, 3.8) is 0 Å². The number of ether oxygens (including phenoxy) is 1. The minimum atomic E-state index is 0.338. The number of hydrogen-bond donors (Lipinski definition) is 1. The maximum atomic E-state index is 5.23. The zero-order valence-electron chi connectivity index (χ0n) is 11.9. The highest BCUT2D eigenvalue weighted by molar-refractivity contribution is 5.35. The first-order valence-corrected chi connectivity index (χ1v) is 7.04. The Kier molecular flexibility index (Phi) is 5.22. The minimum absolute atomic E-state index is 0.338. The van der Waals surface area contributed by atoms with Gasteiger partial charge in [-0.25, -0.2) is 0 Å². The van der Waals surface area contributed by atoms with Gasteiger partial charge >= 0.3 is 0 Å². The van der Waals surface area contributed by atoms with Gasteiger partial charge in [-0.15, -0.1) is 0 Å². The molecule has 1 aromatic rings. The van der Waals surface area contributed by atoms with Crippen molar-refractivity contribution in [1.82, 2.24) is 5.32 Å². The Morgan fingerprint density at radius 2 is 2.00 bits per heavy atom. The van der Waals surface area contributed by atoms with E-state index in [1.165, 1.54) is 30.4 Å². The number of hydrogen-bond acceptors (Lipinski definition) is 2. The molecule has 102 valence electrons. The lowest BCUT2D eigenvalue weighted by Gasteiger charge is -2.20. The summed E-state index contributed by atoms with van der Waals surface area (Å²) >= 11 is 0. The number of nitrogens with one attached hydrogen (secondary N) is 1. The van der Waals surface area contributed by atoms with Crippen molar-refractivity contribution in [3.8, 4) is 5.75 Å². The van der Waals surface area contributed by atoms with Crippen LogP contribution in [0.25, 0.3) is 0 Å². The molecule has 0 amide bonds. The van der Waals surface area contributed by atoms with Crippen molar-refractivity contribution in [2.75, 3.05) is 13.7 Å². The van der Waals surface area contributed by atoms with Gasteiger partial charge in [0, 0.05) is 0 Å². The molecule has 1 aliphatic rings. The molecule has 1 N–H and O–H groups in total. The third kappa shape index (κ3) is 3.71. The van der Waals surface area contributed by atoms with Gasteiger partial charge in [0.25, 0.3) is 0 Å². The van der Waals surface area contributed by atoms with Crippen LogP contribution in [-0.2, 0) is 0 Å². The van der Waals surface area contributed by atoms with Crippen LogP contribution in [0.3, 0.4) is 0 Å². The summed E-state index contributed by atoms with van der Waals surface area (Å²) in [5.41, 5.74) is 2.79. The third-order valence-electron chi connectivity index (χ3n) is 3.56. The molecular weight excluding hydrogens is 234 g/mol. The summed E-state index contributed by atoms with van der Waals surface area (Å²) in [4.78, 5) is 0. The molecule has 1 aromatic carbocycles. The highest BCUT2D eigenvalue weighted by Crippen LogP contribution is 2.29. The first-order chi connectivity index (χ1) is 9.35. The van der Waals surface area contributed by atoms with Gasteiger partial charge in [-0.05, 0) is 56.0 Å². The molecule has 0 spiro atoms. The van der Waals surface area contributed by atoms with Gasteiger partial charge in [-0.1, -0.05) is 30.4 Å². The summed E-state index contributed by atoms with van der Waals surface area (Å²) in [6.07, 6.45) is 10.2. The molecule has 19 heavy (non-hydrogen) atoms. The number of benzene rings is 1. The molecule has 0 aromatic heterocycles. The van der Waals surface area contributed by atoms with Gasteiger partial charge in [0.15, 0.2) is 0 Å². The van der Waals surface area contributed by atoms with Gasteiger partial charge in [-0.2, -0.15) is 0 Å². The monoisotopic (exact) mass is 257 g/mol. The van der Waals surface area contributed by atoms with Crippen LogP contribution in [0.5, 0.6) is 5.75 Å². The molecule has 1 atom stereocenters. The largest absolute Gasteiger partial charge is 0.497 e. The van der Waals surface area contributed by atoms with Crippen molar-refractivity contribution in [3.05, 3.63) is 53.6 Å². The maximum absolute atomic E-state index is 5.23. The van der Waals surface area contributed by atoms with Crippen LogP contribution in [0, 0.1) is 0 Å². The molecule has 0 saturated carbocycles. The molecule has 0 aliphatic carbocycles. The van der Waals surface area contributed by atoms with E-state index in [0.717, 1.165) is 12.3 Å². The van der Waals surface area contributed by atoms with E-state index in [-0.39, 0.29) is 0 Å². The quantitative estimate of drug-likeness (QED) is 0.883. The zero-order valence-corrected chi connectivity index (χ0v) is 11.9. The Morgan fingerprint density at radius 3 is 2.68 bits per heavy atom.